The van der Waals surface area contributed by atoms with Gasteiger partial charge >= 0.3 is 0 Å². The summed E-state index contributed by atoms with van der Waals surface area (Å²) in [6, 6.07) is 12.4. The second-order valence-corrected chi connectivity index (χ2v) is 5.59. The predicted octanol–water partition coefficient (Wildman–Crippen LogP) is 3.37. The zero-order valence-electron chi connectivity index (χ0n) is 14.2. The van der Waals surface area contributed by atoms with Gasteiger partial charge in [0, 0.05) is 26.1 Å². The summed E-state index contributed by atoms with van der Waals surface area (Å²) in [5.74, 6) is -2.43. The lowest BCUT2D eigenvalue weighted by atomic mass is 10.2. The zero-order valence-corrected chi connectivity index (χ0v) is 14.2. The number of anilines is 1. The number of nitrogens with zero attached hydrogens (tertiary/aromatic N) is 2. The van der Waals surface area contributed by atoms with Crippen molar-refractivity contribution < 1.29 is 18.4 Å². The van der Waals surface area contributed by atoms with Crippen molar-refractivity contribution in [1.82, 2.24) is 4.90 Å². The summed E-state index contributed by atoms with van der Waals surface area (Å²) in [5.41, 5.74) is 0.845. The minimum atomic E-state index is -0.880. The summed E-state index contributed by atoms with van der Waals surface area (Å²) < 4.78 is 27.1. The van der Waals surface area contributed by atoms with E-state index in [1.54, 1.807) is 4.90 Å². The Bertz CT molecular complexity index is 750. The topological polar surface area (TPSA) is 40.6 Å². The summed E-state index contributed by atoms with van der Waals surface area (Å²) >= 11 is 0. The first-order chi connectivity index (χ1) is 11.9. The smallest absolute Gasteiger partial charge is 0.242 e. The number of halogens is 2. The molecule has 0 fully saturated rings. The SMILES string of the molecule is CCN(Cc1ccccc1)C(=O)CN(C(C)=O)c1ccc(F)cc1F. The minimum absolute atomic E-state index is 0.113. The molecular weight excluding hydrogens is 326 g/mol. The lowest BCUT2D eigenvalue weighted by molar-refractivity contribution is -0.131. The Kier molecular flexibility index (Phi) is 6.22. The molecule has 0 aromatic heterocycles. The van der Waals surface area contributed by atoms with Crippen molar-refractivity contribution in [3.05, 3.63) is 65.7 Å². The Morgan fingerprint density at radius 2 is 1.72 bits per heavy atom. The van der Waals surface area contributed by atoms with Crippen LogP contribution in [0.15, 0.2) is 48.5 Å². The van der Waals surface area contributed by atoms with E-state index in [4.69, 9.17) is 0 Å². The van der Waals surface area contributed by atoms with E-state index < -0.39 is 17.5 Å². The lowest BCUT2D eigenvalue weighted by Gasteiger charge is -2.26. The molecule has 0 spiro atoms. The van der Waals surface area contributed by atoms with Crippen LogP contribution in [0.1, 0.15) is 19.4 Å². The monoisotopic (exact) mass is 346 g/mol. The van der Waals surface area contributed by atoms with Crippen LogP contribution in [0, 0.1) is 11.6 Å². The fourth-order valence-electron chi connectivity index (χ4n) is 2.48. The van der Waals surface area contributed by atoms with Gasteiger partial charge in [-0.3, -0.25) is 9.59 Å². The third-order valence-electron chi connectivity index (χ3n) is 3.82. The molecule has 0 saturated carbocycles. The van der Waals surface area contributed by atoms with Gasteiger partial charge in [0.05, 0.1) is 5.69 Å². The highest BCUT2D eigenvalue weighted by molar-refractivity contribution is 5.97. The van der Waals surface area contributed by atoms with E-state index in [-0.39, 0.29) is 18.1 Å². The molecule has 2 aromatic rings. The van der Waals surface area contributed by atoms with E-state index in [1.165, 1.54) is 6.92 Å². The quantitative estimate of drug-likeness (QED) is 0.805. The van der Waals surface area contributed by atoms with Crippen molar-refractivity contribution in [2.24, 2.45) is 0 Å². The maximum absolute atomic E-state index is 14.0. The van der Waals surface area contributed by atoms with Gasteiger partial charge < -0.3 is 9.80 Å². The molecule has 0 aliphatic rings. The van der Waals surface area contributed by atoms with Crippen molar-refractivity contribution >= 4 is 17.5 Å². The van der Waals surface area contributed by atoms with E-state index >= 15 is 0 Å². The van der Waals surface area contributed by atoms with E-state index in [9.17, 15) is 18.4 Å². The third kappa shape index (κ3) is 4.86. The summed E-state index contributed by atoms with van der Waals surface area (Å²) in [6.07, 6.45) is 0. The Hall–Kier alpha value is -2.76. The largest absolute Gasteiger partial charge is 0.337 e. The maximum Gasteiger partial charge on any atom is 0.242 e. The molecule has 0 heterocycles. The molecule has 0 radical (unpaired) electrons. The molecule has 2 aromatic carbocycles. The van der Waals surface area contributed by atoms with Crippen LogP contribution in [-0.2, 0) is 16.1 Å². The first kappa shape index (κ1) is 18.6. The molecule has 25 heavy (non-hydrogen) atoms. The summed E-state index contributed by atoms with van der Waals surface area (Å²) in [5, 5.41) is 0. The molecule has 0 aliphatic carbocycles. The van der Waals surface area contributed by atoms with Gasteiger partial charge in [-0.05, 0) is 24.6 Å². The van der Waals surface area contributed by atoms with Crippen molar-refractivity contribution in [3.63, 3.8) is 0 Å². The normalized spacial score (nSPS) is 10.4. The number of carbonyl (C=O) groups is 2. The number of carbonyl (C=O) groups excluding carboxylic acids is 2. The molecule has 2 amide bonds. The fraction of sp³-hybridized carbons (Fsp3) is 0.263. The van der Waals surface area contributed by atoms with Crippen molar-refractivity contribution in [2.75, 3.05) is 18.0 Å². The number of hydrogen-bond acceptors (Lipinski definition) is 2. The standard InChI is InChI=1S/C19H20F2N2O2/c1-3-22(12-15-7-5-4-6-8-15)19(25)13-23(14(2)24)18-10-9-16(20)11-17(18)21/h4-11H,3,12-13H2,1-2H3. The summed E-state index contributed by atoms with van der Waals surface area (Å²) in [4.78, 5) is 27.1. The first-order valence-corrected chi connectivity index (χ1v) is 7.97. The molecule has 0 bridgehead atoms. The average molecular weight is 346 g/mol. The van der Waals surface area contributed by atoms with Crippen LogP contribution in [-0.4, -0.2) is 29.8 Å². The van der Waals surface area contributed by atoms with Gasteiger partial charge in [-0.25, -0.2) is 8.78 Å². The van der Waals surface area contributed by atoms with Gasteiger partial charge in [-0.2, -0.15) is 0 Å². The fourth-order valence-corrected chi connectivity index (χ4v) is 2.48. The van der Waals surface area contributed by atoms with Gasteiger partial charge in [0.15, 0.2) is 0 Å². The van der Waals surface area contributed by atoms with Crippen molar-refractivity contribution in [1.29, 1.82) is 0 Å². The van der Waals surface area contributed by atoms with Gasteiger partial charge in [0.1, 0.15) is 18.2 Å². The number of benzene rings is 2. The maximum atomic E-state index is 14.0. The van der Waals surface area contributed by atoms with Crippen LogP contribution in [0.3, 0.4) is 0 Å². The number of amides is 2. The molecule has 0 saturated heterocycles. The number of rotatable bonds is 6. The third-order valence-corrected chi connectivity index (χ3v) is 3.82. The van der Waals surface area contributed by atoms with E-state index in [0.717, 1.165) is 22.6 Å². The number of hydrogen-bond donors (Lipinski definition) is 0. The Labute approximate surface area is 145 Å². The van der Waals surface area contributed by atoms with E-state index in [1.807, 2.05) is 37.3 Å². The van der Waals surface area contributed by atoms with Crippen molar-refractivity contribution in [3.8, 4) is 0 Å². The highest BCUT2D eigenvalue weighted by Crippen LogP contribution is 2.20. The first-order valence-electron chi connectivity index (χ1n) is 7.97. The van der Waals surface area contributed by atoms with Crippen LogP contribution in [0.2, 0.25) is 0 Å². The molecule has 0 unspecified atom stereocenters. The van der Waals surface area contributed by atoms with E-state index in [2.05, 4.69) is 0 Å². The van der Waals surface area contributed by atoms with Crippen LogP contribution in [0.25, 0.3) is 0 Å². The van der Waals surface area contributed by atoms with Gasteiger partial charge in [-0.15, -0.1) is 0 Å². The molecule has 4 nitrogen and oxygen atoms in total. The second kappa shape index (κ2) is 8.37. The Morgan fingerprint density at radius 1 is 1.04 bits per heavy atom. The minimum Gasteiger partial charge on any atom is -0.337 e. The zero-order chi connectivity index (χ0) is 18.4. The van der Waals surface area contributed by atoms with Gasteiger partial charge in [0.2, 0.25) is 11.8 Å². The molecule has 2 rings (SSSR count). The van der Waals surface area contributed by atoms with Crippen LogP contribution in [0.4, 0.5) is 14.5 Å². The van der Waals surface area contributed by atoms with Gasteiger partial charge in [-0.1, -0.05) is 30.3 Å². The predicted molar refractivity (Wildman–Crippen MR) is 91.9 cm³/mol. The molecule has 132 valence electrons. The summed E-state index contributed by atoms with van der Waals surface area (Å²) in [7, 11) is 0. The van der Waals surface area contributed by atoms with Crippen LogP contribution < -0.4 is 4.90 Å². The molecule has 0 aliphatic heterocycles. The Balaban J connectivity index is 2.17. The highest BCUT2D eigenvalue weighted by Gasteiger charge is 2.22. The Morgan fingerprint density at radius 3 is 2.28 bits per heavy atom. The van der Waals surface area contributed by atoms with E-state index in [0.29, 0.717) is 19.2 Å². The van der Waals surface area contributed by atoms with Crippen molar-refractivity contribution in [2.45, 2.75) is 20.4 Å². The second-order valence-electron chi connectivity index (χ2n) is 5.59. The van der Waals surface area contributed by atoms with Gasteiger partial charge in [0.25, 0.3) is 0 Å². The molecule has 0 atom stereocenters. The molecule has 6 heteroatoms. The molecular formula is C19H20F2N2O2. The number of likely N-dealkylation sites (N-methyl/N-ethyl adjacent to an activating group) is 1. The lowest BCUT2D eigenvalue weighted by Crippen LogP contribution is -2.42. The molecule has 0 N–H and O–H groups in total. The van der Waals surface area contributed by atoms with Crippen LogP contribution in [0.5, 0.6) is 0 Å². The highest BCUT2D eigenvalue weighted by atomic mass is 19.1. The summed E-state index contributed by atoms with van der Waals surface area (Å²) in [6.45, 7) is 3.61. The average Bonchev–Trinajstić information content (AvgIpc) is 2.58. The van der Waals surface area contributed by atoms with Crippen LogP contribution >= 0.6 is 0 Å².